The van der Waals surface area contributed by atoms with Crippen molar-refractivity contribution in [2.45, 2.75) is 39.7 Å². The third-order valence-electron chi connectivity index (χ3n) is 3.30. The van der Waals surface area contributed by atoms with Gasteiger partial charge in [0.25, 0.3) is 0 Å². The van der Waals surface area contributed by atoms with Crippen LogP contribution in [0.25, 0.3) is 0 Å². The van der Waals surface area contributed by atoms with E-state index < -0.39 is 0 Å². The summed E-state index contributed by atoms with van der Waals surface area (Å²) in [6.07, 6.45) is 2.65. The molecule has 106 valence electrons. The van der Waals surface area contributed by atoms with Crippen molar-refractivity contribution in [2.75, 3.05) is 19.7 Å². The molecule has 2 heterocycles. The van der Waals surface area contributed by atoms with Crippen LogP contribution in [0.5, 0.6) is 0 Å². The number of hydrogen-bond donors (Lipinski definition) is 0. The molecule has 1 atom stereocenters. The standard InChI is InChI=1S/C13H21N3O3/c1-3-11-14-15-12(19-11)9-16-7-5-6-10(8-16)13(17)18-4-2/h10H,3-9H2,1-2H3/t10-/m0/s1. The second-order valence-corrected chi connectivity index (χ2v) is 4.77. The highest BCUT2D eigenvalue weighted by molar-refractivity contribution is 5.72. The van der Waals surface area contributed by atoms with Gasteiger partial charge in [0.1, 0.15) is 0 Å². The van der Waals surface area contributed by atoms with E-state index in [1.807, 2.05) is 13.8 Å². The molecule has 1 aliphatic rings. The summed E-state index contributed by atoms with van der Waals surface area (Å²) in [5.74, 6) is 1.17. The monoisotopic (exact) mass is 267 g/mol. The molecule has 1 aromatic heterocycles. The van der Waals surface area contributed by atoms with Crippen molar-refractivity contribution in [3.05, 3.63) is 11.8 Å². The molecule has 0 unspecified atom stereocenters. The van der Waals surface area contributed by atoms with Crippen molar-refractivity contribution in [1.82, 2.24) is 15.1 Å². The van der Waals surface area contributed by atoms with Crippen LogP contribution in [0, 0.1) is 5.92 Å². The highest BCUT2D eigenvalue weighted by atomic mass is 16.5. The highest BCUT2D eigenvalue weighted by Crippen LogP contribution is 2.19. The maximum absolute atomic E-state index is 11.7. The quantitative estimate of drug-likeness (QED) is 0.751. The van der Waals surface area contributed by atoms with Crippen LogP contribution in [0.3, 0.4) is 0 Å². The van der Waals surface area contributed by atoms with Crippen LogP contribution in [-0.2, 0) is 22.5 Å². The van der Waals surface area contributed by atoms with Gasteiger partial charge in [0.05, 0.1) is 19.1 Å². The number of esters is 1. The van der Waals surface area contributed by atoms with Gasteiger partial charge in [-0.05, 0) is 26.3 Å². The molecular weight excluding hydrogens is 246 g/mol. The number of nitrogens with zero attached hydrogens (tertiary/aromatic N) is 3. The molecule has 0 amide bonds. The Bertz CT molecular complexity index is 419. The number of aromatic nitrogens is 2. The van der Waals surface area contributed by atoms with Crippen LogP contribution in [0.2, 0.25) is 0 Å². The van der Waals surface area contributed by atoms with E-state index in [9.17, 15) is 4.79 Å². The van der Waals surface area contributed by atoms with Crippen LogP contribution in [-0.4, -0.2) is 40.8 Å². The molecule has 0 bridgehead atoms. The molecule has 1 saturated heterocycles. The normalized spacial score (nSPS) is 20.4. The second-order valence-electron chi connectivity index (χ2n) is 4.77. The number of carbonyl (C=O) groups is 1. The molecule has 1 aliphatic heterocycles. The third kappa shape index (κ3) is 3.76. The van der Waals surface area contributed by atoms with Crippen LogP contribution in [0.15, 0.2) is 4.42 Å². The summed E-state index contributed by atoms with van der Waals surface area (Å²) in [5, 5.41) is 7.96. The van der Waals surface area contributed by atoms with Gasteiger partial charge in [-0.25, -0.2) is 0 Å². The first-order valence-corrected chi connectivity index (χ1v) is 6.93. The molecule has 0 aromatic carbocycles. The van der Waals surface area contributed by atoms with E-state index in [0.29, 0.717) is 31.5 Å². The lowest BCUT2D eigenvalue weighted by Crippen LogP contribution is -2.39. The summed E-state index contributed by atoms with van der Waals surface area (Å²) in [5.41, 5.74) is 0. The van der Waals surface area contributed by atoms with Gasteiger partial charge in [-0.1, -0.05) is 6.92 Å². The maximum atomic E-state index is 11.7. The SMILES string of the molecule is CCOC(=O)[C@H]1CCCN(Cc2nnc(CC)o2)C1. The van der Waals surface area contributed by atoms with E-state index >= 15 is 0 Å². The van der Waals surface area contributed by atoms with E-state index in [1.54, 1.807) is 0 Å². The Morgan fingerprint density at radius 2 is 2.21 bits per heavy atom. The molecule has 19 heavy (non-hydrogen) atoms. The van der Waals surface area contributed by atoms with Crippen LogP contribution >= 0.6 is 0 Å². The smallest absolute Gasteiger partial charge is 0.310 e. The van der Waals surface area contributed by atoms with Crippen molar-refractivity contribution in [3.8, 4) is 0 Å². The fourth-order valence-electron chi connectivity index (χ4n) is 2.34. The minimum absolute atomic E-state index is 0.0257. The molecule has 0 spiro atoms. The number of aryl methyl sites for hydroxylation is 1. The van der Waals surface area contributed by atoms with Gasteiger partial charge in [0, 0.05) is 13.0 Å². The number of piperidine rings is 1. The topological polar surface area (TPSA) is 68.5 Å². The van der Waals surface area contributed by atoms with Crippen LogP contribution in [0.4, 0.5) is 0 Å². The zero-order valence-electron chi connectivity index (χ0n) is 11.6. The summed E-state index contributed by atoms with van der Waals surface area (Å²) in [4.78, 5) is 13.9. The Morgan fingerprint density at radius 3 is 2.89 bits per heavy atom. The van der Waals surface area contributed by atoms with Gasteiger partial charge in [0.2, 0.25) is 11.8 Å². The summed E-state index contributed by atoms with van der Waals surface area (Å²) in [6.45, 7) is 6.54. The van der Waals surface area contributed by atoms with Gasteiger partial charge in [0.15, 0.2) is 0 Å². The number of rotatable bonds is 5. The Kier molecular flexibility index (Phi) is 4.90. The van der Waals surface area contributed by atoms with Gasteiger partial charge in [-0.2, -0.15) is 0 Å². The zero-order chi connectivity index (χ0) is 13.7. The molecule has 0 saturated carbocycles. The predicted molar refractivity (Wildman–Crippen MR) is 68.3 cm³/mol. The van der Waals surface area contributed by atoms with E-state index in [4.69, 9.17) is 9.15 Å². The maximum Gasteiger partial charge on any atom is 0.310 e. The summed E-state index contributed by atoms with van der Waals surface area (Å²) >= 11 is 0. The second kappa shape index (κ2) is 6.65. The third-order valence-corrected chi connectivity index (χ3v) is 3.30. The Morgan fingerprint density at radius 1 is 1.42 bits per heavy atom. The first-order chi connectivity index (χ1) is 9.22. The molecular formula is C13H21N3O3. The van der Waals surface area contributed by atoms with Gasteiger partial charge in [-0.15, -0.1) is 10.2 Å². The molecule has 6 heteroatoms. The minimum Gasteiger partial charge on any atom is -0.466 e. The molecule has 2 rings (SSSR count). The van der Waals surface area contributed by atoms with Gasteiger partial charge < -0.3 is 9.15 Å². The van der Waals surface area contributed by atoms with Crippen molar-refractivity contribution in [2.24, 2.45) is 5.92 Å². The molecule has 6 nitrogen and oxygen atoms in total. The summed E-state index contributed by atoms with van der Waals surface area (Å²) < 4.78 is 10.6. The van der Waals surface area contributed by atoms with E-state index in [2.05, 4.69) is 15.1 Å². The fourth-order valence-corrected chi connectivity index (χ4v) is 2.34. The van der Waals surface area contributed by atoms with Gasteiger partial charge in [-0.3, -0.25) is 9.69 Å². The summed E-state index contributed by atoms with van der Waals surface area (Å²) in [6, 6.07) is 0. The van der Waals surface area contributed by atoms with Crippen molar-refractivity contribution in [3.63, 3.8) is 0 Å². The van der Waals surface area contributed by atoms with Crippen LogP contribution < -0.4 is 0 Å². The Labute approximate surface area is 113 Å². The van der Waals surface area contributed by atoms with Crippen molar-refractivity contribution >= 4 is 5.97 Å². The number of ether oxygens (including phenoxy) is 1. The van der Waals surface area contributed by atoms with Crippen molar-refractivity contribution < 1.29 is 13.9 Å². The van der Waals surface area contributed by atoms with Crippen molar-refractivity contribution in [1.29, 1.82) is 0 Å². The predicted octanol–water partition coefficient (Wildman–Crippen LogP) is 1.41. The first-order valence-electron chi connectivity index (χ1n) is 6.93. The molecule has 1 fully saturated rings. The molecule has 0 radical (unpaired) electrons. The average molecular weight is 267 g/mol. The molecule has 0 N–H and O–H groups in total. The van der Waals surface area contributed by atoms with E-state index in [1.165, 1.54) is 0 Å². The fraction of sp³-hybridized carbons (Fsp3) is 0.769. The van der Waals surface area contributed by atoms with E-state index in [0.717, 1.165) is 25.8 Å². The Balaban J connectivity index is 1.88. The lowest BCUT2D eigenvalue weighted by atomic mass is 9.98. The molecule has 1 aromatic rings. The van der Waals surface area contributed by atoms with Crippen LogP contribution in [0.1, 0.15) is 38.5 Å². The zero-order valence-corrected chi connectivity index (χ0v) is 11.6. The van der Waals surface area contributed by atoms with Gasteiger partial charge >= 0.3 is 5.97 Å². The molecule has 0 aliphatic carbocycles. The lowest BCUT2D eigenvalue weighted by molar-refractivity contribution is -0.150. The average Bonchev–Trinajstić information content (AvgIpc) is 2.87. The van der Waals surface area contributed by atoms with E-state index in [-0.39, 0.29) is 11.9 Å². The Hall–Kier alpha value is -1.43. The minimum atomic E-state index is -0.0908. The number of likely N-dealkylation sites (tertiary alicyclic amines) is 1. The largest absolute Gasteiger partial charge is 0.466 e. The highest BCUT2D eigenvalue weighted by Gasteiger charge is 2.27. The number of hydrogen-bond acceptors (Lipinski definition) is 6. The number of carbonyl (C=O) groups excluding carboxylic acids is 1. The first kappa shape index (κ1) is 14.0. The lowest BCUT2D eigenvalue weighted by Gasteiger charge is -2.30. The summed E-state index contributed by atoms with van der Waals surface area (Å²) in [7, 11) is 0.